The zero-order valence-corrected chi connectivity index (χ0v) is 16.5. The molecule has 1 aliphatic heterocycles. The van der Waals surface area contributed by atoms with Crippen molar-refractivity contribution >= 4 is 16.6 Å². The van der Waals surface area contributed by atoms with E-state index in [1.807, 2.05) is 24.3 Å². The molecule has 0 radical (unpaired) electrons. The number of piperidine rings is 1. The largest absolute Gasteiger partial charge is 0.496 e. The number of anilines is 1. The van der Waals surface area contributed by atoms with Crippen molar-refractivity contribution in [3.05, 3.63) is 48.2 Å². The van der Waals surface area contributed by atoms with Crippen LogP contribution in [0.2, 0.25) is 0 Å². The van der Waals surface area contributed by atoms with Crippen molar-refractivity contribution in [2.45, 2.75) is 18.8 Å². The highest BCUT2D eigenvalue weighted by molar-refractivity contribution is 5.94. The van der Waals surface area contributed by atoms with Gasteiger partial charge in [0.15, 0.2) is 17.3 Å². The lowest BCUT2D eigenvalue weighted by molar-refractivity contribution is 0.356. The zero-order valence-electron chi connectivity index (χ0n) is 16.5. The molecule has 1 aliphatic rings. The molecule has 2 aromatic carbocycles. The average Bonchev–Trinajstić information content (AvgIpc) is 2.77. The zero-order chi connectivity index (χ0) is 19.5. The van der Waals surface area contributed by atoms with Gasteiger partial charge in [-0.1, -0.05) is 18.2 Å². The highest BCUT2D eigenvalue weighted by Gasteiger charge is 2.26. The van der Waals surface area contributed by atoms with Gasteiger partial charge in [-0.3, -0.25) is 0 Å². The third-order valence-electron chi connectivity index (χ3n) is 5.45. The first-order valence-corrected chi connectivity index (χ1v) is 9.50. The van der Waals surface area contributed by atoms with E-state index in [0.717, 1.165) is 48.3 Å². The van der Waals surface area contributed by atoms with E-state index in [-0.39, 0.29) is 0 Å². The van der Waals surface area contributed by atoms with E-state index in [0.29, 0.717) is 17.4 Å². The van der Waals surface area contributed by atoms with Crippen molar-refractivity contribution in [3.8, 4) is 17.2 Å². The number of para-hydroxylation sites is 1. The van der Waals surface area contributed by atoms with Crippen LogP contribution in [0.15, 0.2) is 42.6 Å². The molecule has 0 saturated carbocycles. The third-order valence-corrected chi connectivity index (χ3v) is 5.45. The van der Waals surface area contributed by atoms with E-state index in [2.05, 4.69) is 27.2 Å². The van der Waals surface area contributed by atoms with E-state index in [9.17, 15) is 0 Å². The molecule has 2 heterocycles. The maximum Gasteiger partial charge on any atom is 0.161 e. The monoisotopic (exact) mass is 379 g/mol. The molecule has 0 amide bonds. The van der Waals surface area contributed by atoms with Crippen LogP contribution >= 0.6 is 0 Å². The van der Waals surface area contributed by atoms with E-state index >= 15 is 0 Å². The Labute approximate surface area is 165 Å². The van der Waals surface area contributed by atoms with Crippen LogP contribution in [0, 0.1) is 0 Å². The van der Waals surface area contributed by atoms with Gasteiger partial charge in [0, 0.05) is 29.8 Å². The summed E-state index contributed by atoms with van der Waals surface area (Å²) < 4.78 is 16.5. The molecule has 0 spiro atoms. The number of fused-ring (bicyclic) bond motifs is 1. The van der Waals surface area contributed by atoms with Gasteiger partial charge in [-0.05, 0) is 36.6 Å². The lowest BCUT2D eigenvalue weighted by Crippen LogP contribution is -2.35. The molecule has 28 heavy (non-hydrogen) atoms. The molecular formula is C22H25N3O3. The quantitative estimate of drug-likeness (QED) is 0.667. The van der Waals surface area contributed by atoms with Gasteiger partial charge in [0.2, 0.25) is 0 Å². The van der Waals surface area contributed by atoms with Crippen LogP contribution in [0.3, 0.4) is 0 Å². The topological polar surface area (TPSA) is 56.7 Å². The van der Waals surface area contributed by atoms with Crippen molar-refractivity contribution in [1.29, 1.82) is 0 Å². The van der Waals surface area contributed by atoms with Gasteiger partial charge in [0.25, 0.3) is 0 Å². The normalized spacial score (nSPS) is 16.8. The second kappa shape index (κ2) is 7.92. The van der Waals surface area contributed by atoms with Crippen molar-refractivity contribution in [2.75, 3.05) is 39.3 Å². The number of aromatic nitrogens is 2. The van der Waals surface area contributed by atoms with Gasteiger partial charge >= 0.3 is 0 Å². The molecule has 1 unspecified atom stereocenters. The number of hydrogen-bond donors (Lipinski definition) is 0. The number of methoxy groups -OCH3 is 3. The lowest BCUT2D eigenvalue weighted by atomic mass is 9.90. The fraction of sp³-hybridized carbons (Fsp3) is 0.364. The summed E-state index contributed by atoms with van der Waals surface area (Å²) in [6.45, 7) is 1.83. The lowest BCUT2D eigenvalue weighted by Gasteiger charge is -2.34. The maximum atomic E-state index is 5.59. The Balaban J connectivity index is 1.71. The minimum absolute atomic E-state index is 0.391. The molecule has 4 rings (SSSR count). The minimum atomic E-state index is 0.391. The number of benzene rings is 2. The fourth-order valence-corrected chi connectivity index (χ4v) is 4.06. The Morgan fingerprint density at radius 2 is 1.71 bits per heavy atom. The summed E-state index contributed by atoms with van der Waals surface area (Å²) in [5.41, 5.74) is 1.25. The van der Waals surface area contributed by atoms with Crippen molar-refractivity contribution < 1.29 is 14.2 Å². The first-order valence-electron chi connectivity index (χ1n) is 9.50. The summed E-state index contributed by atoms with van der Waals surface area (Å²) in [4.78, 5) is 2.32. The van der Waals surface area contributed by atoms with Crippen LogP contribution in [0.4, 0.5) is 5.82 Å². The Morgan fingerprint density at radius 3 is 2.50 bits per heavy atom. The SMILES string of the molecule is COc1cc2cnnc(N3CCCC(c4ccccc4OC)C3)c2cc1OC. The molecule has 1 aromatic heterocycles. The van der Waals surface area contributed by atoms with Crippen molar-refractivity contribution in [3.63, 3.8) is 0 Å². The van der Waals surface area contributed by atoms with E-state index < -0.39 is 0 Å². The third kappa shape index (κ3) is 3.30. The van der Waals surface area contributed by atoms with E-state index in [4.69, 9.17) is 14.2 Å². The summed E-state index contributed by atoms with van der Waals surface area (Å²) in [7, 11) is 5.02. The molecule has 0 N–H and O–H groups in total. The van der Waals surface area contributed by atoms with Gasteiger partial charge in [0.05, 0.1) is 27.5 Å². The molecule has 0 aliphatic carbocycles. The summed E-state index contributed by atoms with van der Waals surface area (Å²) in [5.74, 6) is 3.62. The summed E-state index contributed by atoms with van der Waals surface area (Å²) in [5, 5.41) is 10.7. The average molecular weight is 379 g/mol. The van der Waals surface area contributed by atoms with Gasteiger partial charge in [0.1, 0.15) is 5.75 Å². The van der Waals surface area contributed by atoms with Crippen LogP contribution in [0.5, 0.6) is 17.2 Å². The molecule has 3 aromatic rings. The van der Waals surface area contributed by atoms with E-state index in [1.165, 1.54) is 5.56 Å². The Kier molecular flexibility index (Phi) is 5.19. The summed E-state index contributed by atoms with van der Waals surface area (Å²) in [6.07, 6.45) is 3.99. The van der Waals surface area contributed by atoms with Crippen molar-refractivity contribution in [2.24, 2.45) is 0 Å². The molecule has 0 bridgehead atoms. The summed E-state index contributed by atoms with van der Waals surface area (Å²) in [6, 6.07) is 12.2. The fourth-order valence-electron chi connectivity index (χ4n) is 4.06. The molecule has 6 nitrogen and oxygen atoms in total. The van der Waals surface area contributed by atoms with Gasteiger partial charge in [-0.2, -0.15) is 5.10 Å². The number of ether oxygens (including phenoxy) is 3. The number of hydrogen-bond acceptors (Lipinski definition) is 6. The molecule has 1 fully saturated rings. The predicted octanol–water partition coefficient (Wildman–Crippen LogP) is 4.04. The molecular weight excluding hydrogens is 354 g/mol. The first kappa shape index (κ1) is 18.3. The molecule has 1 atom stereocenters. The van der Waals surface area contributed by atoms with Gasteiger partial charge in [-0.25, -0.2) is 0 Å². The number of nitrogens with zero attached hydrogens (tertiary/aromatic N) is 3. The van der Waals surface area contributed by atoms with Crippen LogP contribution < -0.4 is 19.1 Å². The number of rotatable bonds is 5. The highest BCUT2D eigenvalue weighted by atomic mass is 16.5. The summed E-state index contributed by atoms with van der Waals surface area (Å²) >= 11 is 0. The van der Waals surface area contributed by atoms with E-state index in [1.54, 1.807) is 27.5 Å². The highest BCUT2D eigenvalue weighted by Crippen LogP contribution is 2.38. The van der Waals surface area contributed by atoms with Crippen molar-refractivity contribution in [1.82, 2.24) is 10.2 Å². The Bertz CT molecular complexity index is 976. The molecule has 146 valence electrons. The first-order chi connectivity index (χ1) is 13.7. The Morgan fingerprint density at radius 1 is 0.964 bits per heavy atom. The van der Waals surface area contributed by atoms with Gasteiger partial charge in [-0.15, -0.1) is 5.10 Å². The molecule has 1 saturated heterocycles. The maximum absolute atomic E-state index is 5.59. The van der Waals surface area contributed by atoms with Crippen LogP contribution in [-0.4, -0.2) is 44.6 Å². The smallest absolute Gasteiger partial charge is 0.161 e. The Hall–Kier alpha value is -3.02. The van der Waals surface area contributed by atoms with Gasteiger partial charge < -0.3 is 19.1 Å². The second-order valence-electron chi connectivity index (χ2n) is 6.99. The van der Waals surface area contributed by atoms with Crippen LogP contribution in [0.25, 0.3) is 10.8 Å². The van der Waals surface area contributed by atoms with Crippen LogP contribution in [-0.2, 0) is 0 Å². The standard InChI is InChI=1S/C22H25N3O3/c1-26-19-9-5-4-8-17(19)15-7-6-10-25(14-15)22-18-12-21(28-3)20(27-2)11-16(18)13-23-24-22/h4-5,8-9,11-13,15H,6-7,10,14H2,1-3H3. The second-order valence-corrected chi connectivity index (χ2v) is 6.99. The minimum Gasteiger partial charge on any atom is -0.496 e. The predicted molar refractivity (Wildman–Crippen MR) is 110 cm³/mol. The van der Waals surface area contributed by atoms with Crippen LogP contribution in [0.1, 0.15) is 24.3 Å². The molecule has 6 heteroatoms.